The molecule has 7 nitrogen and oxygen atoms in total. The molecule has 2 heterocycles. The van der Waals surface area contributed by atoms with Gasteiger partial charge in [0.15, 0.2) is 0 Å². The summed E-state index contributed by atoms with van der Waals surface area (Å²) in [6.07, 6.45) is 1.37. The second-order valence-electron chi connectivity index (χ2n) is 6.76. The number of hydrogen-bond acceptors (Lipinski definition) is 6. The molecule has 0 saturated heterocycles. The molecular formula is C23H20N4O3S. The summed E-state index contributed by atoms with van der Waals surface area (Å²) < 4.78 is 5.26. The molecular weight excluding hydrogens is 412 g/mol. The van der Waals surface area contributed by atoms with Gasteiger partial charge in [-0.2, -0.15) is 4.98 Å². The lowest BCUT2D eigenvalue weighted by molar-refractivity contribution is -0.116. The number of thiophene rings is 1. The van der Waals surface area contributed by atoms with E-state index in [4.69, 9.17) is 4.52 Å². The minimum atomic E-state index is -0.236. The van der Waals surface area contributed by atoms with E-state index in [-0.39, 0.29) is 18.2 Å². The average molecular weight is 433 g/mol. The van der Waals surface area contributed by atoms with Gasteiger partial charge >= 0.3 is 0 Å². The van der Waals surface area contributed by atoms with Gasteiger partial charge in [-0.1, -0.05) is 41.6 Å². The van der Waals surface area contributed by atoms with Crippen molar-refractivity contribution < 1.29 is 14.1 Å². The number of nitrogens with zero attached hydrogens (tertiary/aromatic N) is 2. The SMILES string of the molecule is O=C(CCCc1nc(-c2cccs2)no1)Nc1ccccc1NC(=O)c1ccccc1. The number of anilines is 2. The zero-order valence-corrected chi connectivity index (χ0v) is 17.4. The largest absolute Gasteiger partial charge is 0.339 e. The van der Waals surface area contributed by atoms with Gasteiger partial charge < -0.3 is 15.2 Å². The van der Waals surface area contributed by atoms with Crippen molar-refractivity contribution in [3.63, 3.8) is 0 Å². The topological polar surface area (TPSA) is 97.1 Å². The van der Waals surface area contributed by atoms with Crippen LogP contribution in [0.15, 0.2) is 76.6 Å². The molecule has 0 unspecified atom stereocenters. The Balaban J connectivity index is 1.30. The van der Waals surface area contributed by atoms with Crippen LogP contribution in [-0.2, 0) is 11.2 Å². The fourth-order valence-corrected chi connectivity index (χ4v) is 3.61. The lowest BCUT2D eigenvalue weighted by Gasteiger charge is -2.12. The average Bonchev–Trinajstić information content (AvgIpc) is 3.48. The molecule has 0 aliphatic carbocycles. The van der Waals surface area contributed by atoms with E-state index >= 15 is 0 Å². The molecule has 2 aromatic heterocycles. The van der Waals surface area contributed by atoms with Crippen molar-refractivity contribution in [1.29, 1.82) is 0 Å². The summed E-state index contributed by atoms with van der Waals surface area (Å²) in [5.41, 5.74) is 1.64. The highest BCUT2D eigenvalue weighted by Gasteiger charge is 2.12. The highest BCUT2D eigenvalue weighted by molar-refractivity contribution is 7.13. The van der Waals surface area contributed by atoms with Crippen LogP contribution in [0.3, 0.4) is 0 Å². The van der Waals surface area contributed by atoms with E-state index in [2.05, 4.69) is 20.8 Å². The van der Waals surface area contributed by atoms with Gasteiger partial charge in [0.1, 0.15) is 0 Å². The number of rotatable bonds is 8. The van der Waals surface area contributed by atoms with Crippen molar-refractivity contribution in [2.45, 2.75) is 19.3 Å². The Morgan fingerprint density at radius 1 is 0.903 bits per heavy atom. The zero-order chi connectivity index (χ0) is 21.5. The predicted molar refractivity (Wildman–Crippen MR) is 120 cm³/mol. The van der Waals surface area contributed by atoms with Gasteiger partial charge in [-0.05, 0) is 42.1 Å². The molecule has 0 saturated carbocycles. The molecule has 0 spiro atoms. The third-order valence-electron chi connectivity index (χ3n) is 4.49. The molecule has 4 aromatic rings. The smallest absolute Gasteiger partial charge is 0.255 e. The Labute approximate surface area is 183 Å². The first-order valence-electron chi connectivity index (χ1n) is 9.81. The summed E-state index contributed by atoms with van der Waals surface area (Å²) in [6, 6.07) is 19.9. The van der Waals surface area contributed by atoms with Crippen LogP contribution in [0.2, 0.25) is 0 Å². The molecule has 2 N–H and O–H groups in total. The van der Waals surface area contributed by atoms with Crippen LogP contribution in [-0.4, -0.2) is 22.0 Å². The summed E-state index contributed by atoms with van der Waals surface area (Å²) in [4.78, 5) is 30.1. The minimum absolute atomic E-state index is 0.153. The first kappa shape index (κ1) is 20.5. The third kappa shape index (κ3) is 5.43. The van der Waals surface area contributed by atoms with Crippen molar-refractivity contribution in [2.75, 3.05) is 10.6 Å². The van der Waals surface area contributed by atoms with Gasteiger partial charge in [-0.3, -0.25) is 9.59 Å². The van der Waals surface area contributed by atoms with E-state index in [0.717, 1.165) is 4.88 Å². The summed E-state index contributed by atoms with van der Waals surface area (Å²) in [7, 11) is 0. The number of benzene rings is 2. The second kappa shape index (κ2) is 9.82. The number of aromatic nitrogens is 2. The fraction of sp³-hybridized carbons (Fsp3) is 0.130. The normalized spacial score (nSPS) is 10.6. The van der Waals surface area contributed by atoms with Gasteiger partial charge in [-0.25, -0.2) is 0 Å². The molecule has 0 atom stereocenters. The van der Waals surface area contributed by atoms with Crippen molar-refractivity contribution in [2.24, 2.45) is 0 Å². The minimum Gasteiger partial charge on any atom is -0.339 e. The van der Waals surface area contributed by atoms with Crippen molar-refractivity contribution in [1.82, 2.24) is 10.1 Å². The van der Waals surface area contributed by atoms with E-state index in [1.54, 1.807) is 59.9 Å². The van der Waals surface area contributed by atoms with Crippen LogP contribution < -0.4 is 10.6 Å². The Morgan fingerprint density at radius 2 is 1.65 bits per heavy atom. The molecule has 8 heteroatoms. The molecule has 2 aromatic carbocycles. The third-order valence-corrected chi connectivity index (χ3v) is 5.36. The molecule has 0 aliphatic heterocycles. The maximum Gasteiger partial charge on any atom is 0.255 e. The van der Waals surface area contributed by atoms with Crippen LogP contribution in [0, 0.1) is 0 Å². The lowest BCUT2D eigenvalue weighted by atomic mass is 10.2. The van der Waals surface area contributed by atoms with E-state index in [1.165, 1.54) is 0 Å². The molecule has 0 bridgehead atoms. The van der Waals surface area contributed by atoms with Crippen molar-refractivity contribution in [3.05, 3.63) is 83.6 Å². The summed E-state index contributed by atoms with van der Waals surface area (Å²) in [5, 5.41) is 11.6. The highest BCUT2D eigenvalue weighted by atomic mass is 32.1. The lowest BCUT2D eigenvalue weighted by Crippen LogP contribution is -2.16. The Morgan fingerprint density at radius 3 is 2.39 bits per heavy atom. The maximum absolute atomic E-state index is 12.4. The van der Waals surface area contributed by atoms with Gasteiger partial charge in [0.25, 0.3) is 5.91 Å². The number of carbonyl (C=O) groups excluding carboxylic acids is 2. The van der Waals surface area contributed by atoms with E-state index in [9.17, 15) is 9.59 Å². The van der Waals surface area contributed by atoms with Gasteiger partial charge in [-0.15, -0.1) is 11.3 Å². The van der Waals surface area contributed by atoms with Crippen LogP contribution in [0.1, 0.15) is 29.1 Å². The number of carbonyl (C=O) groups is 2. The van der Waals surface area contributed by atoms with Crippen LogP contribution in [0.4, 0.5) is 11.4 Å². The number of nitrogens with one attached hydrogen (secondary N) is 2. The van der Waals surface area contributed by atoms with Crippen LogP contribution >= 0.6 is 11.3 Å². The number of aryl methyl sites for hydroxylation is 1. The number of para-hydroxylation sites is 2. The summed E-state index contributed by atoms with van der Waals surface area (Å²) in [6.45, 7) is 0. The van der Waals surface area contributed by atoms with Gasteiger partial charge in [0.2, 0.25) is 17.6 Å². The molecule has 0 aliphatic rings. The molecule has 2 amide bonds. The molecule has 0 fully saturated rings. The molecule has 4 rings (SSSR count). The Kier molecular flexibility index (Phi) is 6.49. The van der Waals surface area contributed by atoms with Gasteiger partial charge in [0, 0.05) is 18.4 Å². The zero-order valence-electron chi connectivity index (χ0n) is 16.6. The Bertz CT molecular complexity index is 1160. The van der Waals surface area contributed by atoms with E-state index in [0.29, 0.717) is 41.5 Å². The molecule has 156 valence electrons. The Hall–Kier alpha value is -3.78. The molecule has 0 radical (unpaired) electrons. The molecule has 31 heavy (non-hydrogen) atoms. The van der Waals surface area contributed by atoms with E-state index in [1.807, 2.05) is 23.6 Å². The first-order chi connectivity index (χ1) is 15.2. The monoisotopic (exact) mass is 432 g/mol. The predicted octanol–water partition coefficient (Wildman–Crippen LogP) is 5.01. The van der Waals surface area contributed by atoms with Crippen molar-refractivity contribution in [3.8, 4) is 10.7 Å². The highest BCUT2D eigenvalue weighted by Crippen LogP contribution is 2.23. The summed E-state index contributed by atoms with van der Waals surface area (Å²) >= 11 is 1.54. The van der Waals surface area contributed by atoms with Crippen molar-refractivity contribution >= 4 is 34.5 Å². The quantitative estimate of drug-likeness (QED) is 0.408. The maximum atomic E-state index is 12.4. The number of hydrogen-bond donors (Lipinski definition) is 2. The van der Waals surface area contributed by atoms with Gasteiger partial charge in [0.05, 0.1) is 16.3 Å². The van der Waals surface area contributed by atoms with E-state index < -0.39 is 0 Å². The summed E-state index contributed by atoms with van der Waals surface area (Å²) in [5.74, 6) is 0.684. The number of amides is 2. The van der Waals surface area contributed by atoms with Crippen LogP contribution in [0.25, 0.3) is 10.7 Å². The van der Waals surface area contributed by atoms with Crippen LogP contribution in [0.5, 0.6) is 0 Å². The second-order valence-corrected chi connectivity index (χ2v) is 7.70. The first-order valence-corrected chi connectivity index (χ1v) is 10.7. The fourth-order valence-electron chi connectivity index (χ4n) is 2.96. The standard InChI is InChI=1S/C23H20N4O3S/c28-20(13-6-14-21-26-22(27-30-21)19-12-7-15-31-19)24-17-10-4-5-11-18(17)25-23(29)16-8-2-1-3-9-16/h1-5,7-12,15H,6,13-14H2,(H,24,28)(H,25,29).